The SMILES string of the molecule is CCCCCCCC(=O)CC(=O)CCc1cc(OC)c(O)c([C@H]2c3ccnc(N)c3C=C[C@H]2CO)c1. The number of aryl methyl sites for hydroxylation is 1. The van der Waals surface area contributed by atoms with Gasteiger partial charge in [-0.3, -0.25) is 9.59 Å². The number of carbonyl (C=O) groups excluding carboxylic acids is 2. The Balaban J connectivity index is 1.75. The van der Waals surface area contributed by atoms with Crippen LogP contribution in [0.15, 0.2) is 30.5 Å². The average Bonchev–Trinajstić information content (AvgIpc) is 2.87. The monoisotopic (exact) mass is 494 g/mol. The number of Topliss-reactive ketones (excluding diaryl/α,β-unsaturated/α-hetero) is 2. The topological polar surface area (TPSA) is 123 Å². The lowest BCUT2D eigenvalue weighted by Crippen LogP contribution is -2.21. The number of unbranched alkanes of at least 4 members (excludes halogenated alkanes) is 4. The summed E-state index contributed by atoms with van der Waals surface area (Å²) in [5, 5.41) is 21.1. The number of hydrogen-bond donors (Lipinski definition) is 3. The van der Waals surface area contributed by atoms with E-state index in [1.165, 1.54) is 13.5 Å². The first-order chi connectivity index (χ1) is 17.4. The number of benzene rings is 1. The first-order valence-corrected chi connectivity index (χ1v) is 12.9. The van der Waals surface area contributed by atoms with Gasteiger partial charge in [-0.15, -0.1) is 0 Å². The van der Waals surface area contributed by atoms with Crippen molar-refractivity contribution in [2.45, 2.75) is 70.6 Å². The van der Waals surface area contributed by atoms with E-state index in [2.05, 4.69) is 11.9 Å². The van der Waals surface area contributed by atoms with Crippen LogP contribution in [0.1, 0.15) is 86.5 Å². The van der Waals surface area contributed by atoms with Gasteiger partial charge in [-0.25, -0.2) is 4.98 Å². The summed E-state index contributed by atoms with van der Waals surface area (Å²) in [7, 11) is 1.48. The van der Waals surface area contributed by atoms with Gasteiger partial charge >= 0.3 is 0 Å². The van der Waals surface area contributed by atoms with Crippen LogP contribution in [0, 0.1) is 5.92 Å². The fraction of sp³-hybridized carbons (Fsp3) is 0.483. The number of aliphatic hydroxyl groups is 1. The van der Waals surface area contributed by atoms with Crippen molar-refractivity contribution >= 4 is 23.5 Å². The average molecular weight is 495 g/mol. The lowest BCUT2D eigenvalue weighted by atomic mass is 9.75. The summed E-state index contributed by atoms with van der Waals surface area (Å²) in [5.74, 6) is -0.0451. The molecule has 3 rings (SSSR count). The molecule has 0 saturated carbocycles. The number of fused-ring (bicyclic) bond motifs is 1. The number of hydrogen-bond acceptors (Lipinski definition) is 7. The van der Waals surface area contributed by atoms with E-state index in [1.54, 1.807) is 12.3 Å². The fourth-order valence-corrected chi connectivity index (χ4v) is 4.92. The molecule has 1 aliphatic rings. The number of aliphatic hydroxyl groups excluding tert-OH is 1. The molecule has 1 aromatic carbocycles. The van der Waals surface area contributed by atoms with Crippen molar-refractivity contribution in [1.82, 2.24) is 4.98 Å². The largest absolute Gasteiger partial charge is 0.504 e. The minimum absolute atomic E-state index is 0.00283. The third-order valence-electron chi connectivity index (χ3n) is 6.90. The summed E-state index contributed by atoms with van der Waals surface area (Å²) in [5.41, 5.74) is 9.12. The van der Waals surface area contributed by atoms with Gasteiger partial charge in [0, 0.05) is 42.0 Å². The maximum absolute atomic E-state index is 12.5. The Kier molecular flexibility index (Phi) is 10.1. The molecule has 1 aliphatic carbocycles. The highest BCUT2D eigenvalue weighted by Crippen LogP contribution is 2.46. The van der Waals surface area contributed by atoms with Crippen LogP contribution in [0.3, 0.4) is 0 Å². The molecule has 0 bridgehead atoms. The summed E-state index contributed by atoms with van der Waals surface area (Å²) in [6.45, 7) is 2.04. The number of ketones is 2. The van der Waals surface area contributed by atoms with E-state index in [-0.39, 0.29) is 48.6 Å². The first kappa shape index (κ1) is 27.4. The van der Waals surface area contributed by atoms with Crippen LogP contribution < -0.4 is 10.5 Å². The van der Waals surface area contributed by atoms with Crippen molar-refractivity contribution in [3.05, 3.63) is 52.7 Å². The Bertz CT molecular complexity index is 1100. The van der Waals surface area contributed by atoms with E-state index < -0.39 is 0 Å². The zero-order valence-electron chi connectivity index (χ0n) is 21.3. The number of phenols is 1. The van der Waals surface area contributed by atoms with E-state index in [0.29, 0.717) is 30.0 Å². The number of rotatable bonds is 14. The lowest BCUT2D eigenvalue weighted by molar-refractivity contribution is -0.127. The summed E-state index contributed by atoms with van der Waals surface area (Å²) in [6.07, 6.45) is 11.8. The Morgan fingerprint density at radius 2 is 1.83 bits per heavy atom. The third-order valence-corrected chi connectivity index (χ3v) is 6.90. The minimum atomic E-state index is -0.362. The van der Waals surface area contributed by atoms with Crippen molar-refractivity contribution in [2.75, 3.05) is 19.5 Å². The molecule has 2 atom stereocenters. The second kappa shape index (κ2) is 13.2. The van der Waals surface area contributed by atoms with Crippen molar-refractivity contribution < 1.29 is 24.5 Å². The van der Waals surface area contributed by atoms with Crippen molar-refractivity contribution in [3.8, 4) is 11.5 Å². The molecule has 1 aromatic heterocycles. The van der Waals surface area contributed by atoms with Crippen LogP contribution in [0.2, 0.25) is 0 Å². The van der Waals surface area contributed by atoms with E-state index in [9.17, 15) is 19.8 Å². The minimum Gasteiger partial charge on any atom is -0.504 e. The molecule has 194 valence electrons. The number of methoxy groups -OCH3 is 1. The van der Waals surface area contributed by atoms with Crippen LogP contribution in [0.4, 0.5) is 5.82 Å². The van der Waals surface area contributed by atoms with Gasteiger partial charge in [0.15, 0.2) is 11.5 Å². The molecule has 1 heterocycles. The molecule has 0 saturated heterocycles. The quantitative estimate of drug-likeness (QED) is 0.250. The fourth-order valence-electron chi connectivity index (χ4n) is 4.92. The van der Waals surface area contributed by atoms with Gasteiger partial charge in [-0.2, -0.15) is 0 Å². The molecule has 0 aliphatic heterocycles. The second-order valence-electron chi connectivity index (χ2n) is 9.54. The van der Waals surface area contributed by atoms with Crippen LogP contribution in [-0.2, 0) is 16.0 Å². The Hall–Kier alpha value is -3.19. The molecule has 0 unspecified atom stereocenters. The third kappa shape index (κ3) is 6.72. The molecule has 7 heteroatoms. The summed E-state index contributed by atoms with van der Waals surface area (Å²) in [6, 6.07) is 5.42. The van der Waals surface area contributed by atoms with Gasteiger partial charge in [0.05, 0.1) is 20.1 Å². The lowest BCUT2D eigenvalue weighted by Gasteiger charge is -2.30. The van der Waals surface area contributed by atoms with Crippen LogP contribution in [0.5, 0.6) is 11.5 Å². The van der Waals surface area contributed by atoms with Crippen molar-refractivity contribution in [3.63, 3.8) is 0 Å². The zero-order valence-corrected chi connectivity index (χ0v) is 21.3. The zero-order chi connectivity index (χ0) is 26.1. The number of nitrogens with two attached hydrogens (primary N) is 1. The molecule has 2 aromatic rings. The number of aromatic nitrogens is 1. The van der Waals surface area contributed by atoms with E-state index in [0.717, 1.165) is 42.4 Å². The van der Waals surface area contributed by atoms with Gasteiger partial charge in [0.25, 0.3) is 0 Å². The van der Waals surface area contributed by atoms with Crippen LogP contribution >= 0.6 is 0 Å². The number of nitrogen functional groups attached to an aromatic ring is 1. The smallest absolute Gasteiger partial charge is 0.161 e. The number of carbonyl (C=O) groups is 2. The Morgan fingerprint density at radius 1 is 1.08 bits per heavy atom. The number of pyridine rings is 1. The van der Waals surface area contributed by atoms with Crippen LogP contribution in [0.25, 0.3) is 6.08 Å². The van der Waals surface area contributed by atoms with E-state index in [4.69, 9.17) is 10.5 Å². The predicted octanol–water partition coefficient (Wildman–Crippen LogP) is 4.97. The van der Waals surface area contributed by atoms with Gasteiger partial charge < -0.3 is 20.7 Å². The highest BCUT2D eigenvalue weighted by atomic mass is 16.5. The number of ether oxygens (including phenoxy) is 1. The van der Waals surface area contributed by atoms with Crippen LogP contribution in [-0.4, -0.2) is 40.5 Å². The highest BCUT2D eigenvalue weighted by molar-refractivity contribution is 5.99. The molecule has 0 fully saturated rings. The summed E-state index contributed by atoms with van der Waals surface area (Å²) < 4.78 is 5.43. The number of aromatic hydroxyl groups is 1. The Labute approximate surface area is 213 Å². The molecule has 0 amide bonds. The first-order valence-electron chi connectivity index (χ1n) is 12.9. The van der Waals surface area contributed by atoms with E-state index >= 15 is 0 Å². The van der Waals surface area contributed by atoms with Crippen molar-refractivity contribution in [2.24, 2.45) is 5.92 Å². The van der Waals surface area contributed by atoms with Crippen molar-refractivity contribution in [1.29, 1.82) is 0 Å². The van der Waals surface area contributed by atoms with Gasteiger partial charge in [0.2, 0.25) is 0 Å². The van der Waals surface area contributed by atoms with Gasteiger partial charge in [-0.1, -0.05) is 50.8 Å². The Morgan fingerprint density at radius 3 is 2.56 bits per heavy atom. The molecular formula is C29H38N2O5. The maximum atomic E-state index is 12.5. The highest BCUT2D eigenvalue weighted by Gasteiger charge is 2.32. The molecule has 0 radical (unpaired) electrons. The van der Waals surface area contributed by atoms with E-state index in [1.807, 2.05) is 24.3 Å². The summed E-state index contributed by atoms with van der Waals surface area (Å²) >= 11 is 0. The molecule has 4 N–H and O–H groups in total. The van der Waals surface area contributed by atoms with Gasteiger partial charge in [-0.05, 0) is 36.1 Å². The molecule has 7 nitrogen and oxygen atoms in total. The number of phenolic OH excluding ortho intramolecular Hbond substituents is 1. The summed E-state index contributed by atoms with van der Waals surface area (Å²) in [4.78, 5) is 28.9. The van der Waals surface area contributed by atoms with Gasteiger partial charge in [0.1, 0.15) is 17.4 Å². The second-order valence-corrected chi connectivity index (χ2v) is 9.54. The molecule has 36 heavy (non-hydrogen) atoms. The maximum Gasteiger partial charge on any atom is 0.161 e. The molecule has 0 spiro atoms. The molecular weight excluding hydrogens is 456 g/mol. The number of nitrogens with zero attached hydrogens (tertiary/aromatic N) is 1. The standard InChI is InChI=1S/C29H38N2O5/c1-3-4-5-6-7-8-21(33)17-22(34)11-9-19-15-25(28(35)26(16-19)36-2)27-20(18-32)10-12-24-23(27)13-14-31-29(24)30/h10,12-16,20,27,32,35H,3-9,11,17-18H2,1-2H3,(H2,30,31)/t20-,27+/m0/s1. The normalized spacial score (nSPS) is 16.5. The predicted molar refractivity (Wildman–Crippen MR) is 141 cm³/mol. The number of anilines is 1.